The van der Waals surface area contributed by atoms with Crippen LogP contribution in [0.5, 0.6) is 0 Å². The van der Waals surface area contributed by atoms with E-state index in [1.165, 1.54) is 12.1 Å². The van der Waals surface area contributed by atoms with Crippen LogP contribution >= 0.6 is 12.6 Å². The Hall–Kier alpha value is -0.640. The van der Waals surface area contributed by atoms with Crippen LogP contribution in [0.25, 0.3) is 0 Å². The Balaban J connectivity index is 3.14. The van der Waals surface area contributed by atoms with E-state index in [1.54, 1.807) is 6.92 Å². The molecular formula is C8H9F2NS. The van der Waals surface area contributed by atoms with Gasteiger partial charge in [0.2, 0.25) is 0 Å². The minimum absolute atomic E-state index is 0.210. The molecule has 0 radical (unpaired) electrons. The molecule has 1 aromatic heterocycles. The molecule has 0 spiro atoms. The fourth-order valence-corrected chi connectivity index (χ4v) is 0.923. The highest BCUT2D eigenvalue weighted by Gasteiger charge is 2.26. The van der Waals surface area contributed by atoms with Gasteiger partial charge in [0.15, 0.2) is 0 Å². The van der Waals surface area contributed by atoms with Gasteiger partial charge in [-0.3, -0.25) is 4.98 Å². The maximum absolute atomic E-state index is 12.7. The monoisotopic (exact) mass is 189 g/mol. The Labute approximate surface area is 75.2 Å². The van der Waals surface area contributed by atoms with Crippen molar-refractivity contribution in [2.75, 3.05) is 0 Å². The third kappa shape index (κ3) is 1.94. The van der Waals surface area contributed by atoms with Crippen LogP contribution in [-0.2, 0) is 5.92 Å². The van der Waals surface area contributed by atoms with Gasteiger partial charge in [0.25, 0.3) is 5.92 Å². The van der Waals surface area contributed by atoms with Gasteiger partial charge in [-0.05, 0) is 19.1 Å². The lowest BCUT2D eigenvalue weighted by atomic mass is 10.2. The highest BCUT2D eigenvalue weighted by molar-refractivity contribution is 7.80. The van der Waals surface area contributed by atoms with Crippen LogP contribution in [-0.4, -0.2) is 4.98 Å². The van der Waals surface area contributed by atoms with E-state index in [4.69, 9.17) is 0 Å². The summed E-state index contributed by atoms with van der Waals surface area (Å²) < 4.78 is 25.4. The zero-order valence-corrected chi connectivity index (χ0v) is 7.70. The lowest BCUT2D eigenvalue weighted by molar-refractivity contribution is 0.0125. The van der Waals surface area contributed by atoms with Crippen molar-refractivity contribution in [2.24, 2.45) is 0 Å². The Morgan fingerprint density at radius 2 is 2.00 bits per heavy atom. The van der Waals surface area contributed by atoms with E-state index in [1.807, 2.05) is 0 Å². The SMILES string of the molecule is Cc1nc(C(C)(F)F)ccc1S. The summed E-state index contributed by atoms with van der Waals surface area (Å²) in [5, 5.41) is 0. The second-order valence-corrected chi connectivity index (χ2v) is 3.17. The molecular weight excluding hydrogens is 180 g/mol. The van der Waals surface area contributed by atoms with Crippen LogP contribution < -0.4 is 0 Å². The minimum Gasteiger partial charge on any atom is -0.251 e. The number of pyridine rings is 1. The molecule has 0 N–H and O–H groups in total. The number of thiol groups is 1. The van der Waals surface area contributed by atoms with E-state index in [9.17, 15) is 8.78 Å². The van der Waals surface area contributed by atoms with Crippen LogP contribution in [0, 0.1) is 6.92 Å². The van der Waals surface area contributed by atoms with Crippen molar-refractivity contribution in [1.82, 2.24) is 4.98 Å². The van der Waals surface area contributed by atoms with Crippen LogP contribution in [0.3, 0.4) is 0 Å². The normalized spacial score (nSPS) is 11.8. The summed E-state index contributed by atoms with van der Waals surface area (Å²) in [5.74, 6) is -2.87. The molecule has 0 saturated heterocycles. The number of aromatic nitrogens is 1. The van der Waals surface area contributed by atoms with Gasteiger partial charge in [-0.15, -0.1) is 12.6 Å². The molecule has 1 rings (SSSR count). The first kappa shape index (κ1) is 9.45. The van der Waals surface area contributed by atoms with Crippen molar-refractivity contribution in [3.63, 3.8) is 0 Å². The Morgan fingerprint density at radius 3 is 2.42 bits per heavy atom. The second-order valence-electron chi connectivity index (χ2n) is 2.69. The van der Waals surface area contributed by atoms with E-state index in [0.717, 1.165) is 6.92 Å². The molecule has 1 heterocycles. The highest BCUT2D eigenvalue weighted by Crippen LogP contribution is 2.26. The molecule has 0 unspecified atom stereocenters. The maximum atomic E-state index is 12.7. The number of nitrogens with zero attached hydrogens (tertiary/aromatic N) is 1. The molecule has 0 saturated carbocycles. The summed E-state index contributed by atoms with van der Waals surface area (Å²) in [6.45, 7) is 2.48. The number of hydrogen-bond donors (Lipinski definition) is 1. The van der Waals surface area contributed by atoms with Gasteiger partial charge in [0.1, 0.15) is 5.69 Å². The molecule has 0 atom stereocenters. The number of aryl methyl sites for hydroxylation is 1. The van der Waals surface area contributed by atoms with Crippen LogP contribution in [0.4, 0.5) is 8.78 Å². The van der Waals surface area contributed by atoms with Crippen molar-refractivity contribution in [3.05, 3.63) is 23.5 Å². The van der Waals surface area contributed by atoms with Crippen LogP contribution in [0.2, 0.25) is 0 Å². The molecule has 0 fully saturated rings. The topological polar surface area (TPSA) is 12.9 Å². The van der Waals surface area contributed by atoms with E-state index in [0.29, 0.717) is 10.6 Å². The third-order valence-corrected chi connectivity index (χ3v) is 1.98. The zero-order chi connectivity index (χ0) is 9.35. The number of hydrogen-bond acceptors (Lipinski definition) is 2. The maximum Gasteiger partial charge on any atom is 0.286 e. The predicted molar refractivity (Wildman–Crippen MR) is 45.8 cm³/mol. The predicted octanol–water partition coefficient (Wildman–Crippen LogP) is 2.79. The lowest BCUT2D eigenvalue weighted by Gasteiger charge is -2.10. The smallest absolute Gasteiger partial charge is 0.251 e. The highest BCUT2D eigenvalue weighted by atomic mass is 32.1. The average molecular weight is 189 g/mol. The molecule has 0 aliphatic carbocycles. The van der Waals surface area contributed by atoms with Gasteiger partial charge >= 0.3 is 0 Å². The first-order valence-corrected chi connectivity index (χ1v) is 3.91. The van der Waals surface area contributed by atoms with E-state index in [2.05, 4.69) is 17.6 Å². The van der Waals surface area contributed by atoms with Crippen molar-refractivity contribution < 1.29 is 8.78 Å². The Morgan fingerprint density at radius 1 is 1.42 bits per heavy atom. The molecule has 0 bridgehead atoms. The van der Waals surface area contributed by atoms with Crippen molar-refractivity contribution in [1.29, 1.82) is 0 Å². The van der Waals surface area contributed by atoms with Crippen LogP contribution in [0.15, 0.2) is 17.0 Å². The van der Waals surface area contributed by atoms with Gasteiger partial charge < -0.3 is 0 Å². The summed E-state index contributed by atoms with van der Waals surface area (Å²) in [7, 11) is 0. The van der Waals surface area contributed by atoms with Crippen molar-refractivity contribution >= 4 is 12.6 Å². The van der Waals surface area contributed by atoms with Gasteiger partial charge in [-0.25, -0.2) is 0 Å². The van der Waals surface area contributed by atoms with Gasteiger partial charge in [0.05, 0.1) is 5.69 Å². The molecule has 0 aromatic carbocycles. The van der Waals surface area contributed by atoms with Crippen LogP contribution in [0.1, 0.15) is 18.3 Å². The molecule has 0 amide bonds. The molecule has 12 heavy (non-hydrogen) atoms. The lowest BCUT2D eigenvalue weighted by Crippen LogP contribution is -2.10. The second kappa shape index (κ2) is 3.01. The fourth-order valence-electron chi connectivity index (χ4n) is 0.798. The number of halogens is 2. The first-order valence-electron chi connectivity index (χ1n) is 3.46. The van der Waals surface area contributed by atoms with E-state index in [-0.39, 0.29) is 5.69 Å². The summed E-state index contributed by atoms with van der Waals surface area (Å²) in [6, 6.07) is 2.81. The Kier molecular flexibility index (Phi) is 2.37. The van der Waals surface area contributed by atoms with Gasteiger partial charge in [-0.1, -0.05) is 0 Å². The summed E-state index contributed by atoms with van der Waals surface area (Å²) >= 11 is 4.03. The molecule has 1 nitrogen and oxygen atoms in total. The molecule has 0 aliphatic heterocycles. The van der Waals surface area contributed by atoms with E-state index < -0.39 is 5.92 Å². The van der Waals surface area contributed by atoms with Crippen molar-refractivity contribution in [2.45, 2.75) is 24.7 Å². The molecule has 4 heteroatoms. The van der Waals surface area contributed by atoms with Gasteiger partial charge in [0, 0.05) is 11.8 Å². The quantitative estimate of drug-likeness (QED) is 0.670. The summed E-state index contributed by atoms with van der Waals surface area (Å²) in [5.41, 5.74) is 0.315. The number of rotatable bonds is 1. The molecule has 66 valence electrons. The van der Waals surface area contributed by atoms with E-state index >= 15 is 0 Å². The zero-order valence-electron chi connectivity index (χ0n) is 6.81. The first-order chi connectivity index (χ1) is 5.41. The minimum atomic E-state index is -2.87. The standard InChI is InChI=1S/C8H9F2NS/c1-5-6(12)3-4-7(11-5)8(2,9)10/h3-4,12H,1-2H3. The average Bonchev–Trinajstić information content (AvgIpc) is 1.92. The Bertz CT molecular complexity index is 294. The van der Waals surface area contributed by atoms with Gasteiger partial charge in [-0.2, -0.15) is 8.78 Å². The molecule has 0 aliphatic rings. The summed E-state index contributed by atoms with van der Waals surface area (Å²) in [6.07, 6.45) is 0. The van der Waals surface area contributed by atoms with Crippen molar-refractivity contribution in [3.8, 4) is 0 Å². The summed E-state index contributed by atoms with van der Waals surface area (Å²) in [4.78, 5) is 4.35. The number of alkyl halides is 2. The molecule has 1 aromatic rings. The third-order valence-electron chi connectivity index (χ3n) is 1.51. The largest absolute Gasteiger partial charge is 0.286 e. The fraction of sp³-hybridized carbons (Fsp3) is 0.375.